The molecule has 0 saturated heterocycles. The molecule has 0 radical (unpaired) electrons. The Kier molecular flexibility index (Phi) is 39.5. The predicted molar refractivity (Wildman–Crippen MR) is 240 cm³/mol. The number of alkyl carbamates (subject to hydrolysis) is 1. The van der Waals surface area contributed by atoms with E-state index in [0.29, 0.717) is 39.0 Å². The highest BCUT2D eigenvalue weighted by atomic mass is 16.6. The van der Waals surface area contributed by atoms with Crippen LogP contribution >= 0.6 is 0 Å². The van der Waals surface area contributed by atoms with Crippen molar-refractivity contribution in [3.8, 4) is 0 Å². The van der Waals surface area contributed by atoms with Crippen molar-refractivity contribution in [3.63, 3.8) is 0 Å². The molecule has 3 N–H and O–H groups in total. The second-order valence-corrected chi connectivity index (χ2v) is 17.6. The van der Waals surface area contributed by atoms with Crippen LogP contribution in [0.3, 0.4) is 0 Å². The van der Waals surface area contributed by atoms with Crippen molar-refractivity contribution in [2.45, 2.75) is 258 Å². The minimum Gasteiger partial charge on any atom is -0.462 e. The molecule has 0 saturated carbocycles. The van der Waals surface area contributed by atoms with E-state index < -0.39 is 11.7 Å². The number of ether oxygens (including phenoxy) is 3. The van der Waals surface area contributed by atoms with E-state index in [-0.39, 0.29) is 24.0 Å². The largest absolute Gasteiger partial charge is 0.462 e. The van der Waals surface area contributed by atoms with E-state index >= 15 is 0 Å². The summed E-state index contributed by atoms with van der Waals surface area (Å²) in [6, 6.07) is -0.0979. The van der Waals surface area contributed by atoms with E-state index in [1.807, 2.05) is 20.8 Å². The third kappa shape index (κ3) is 42.1. The fourth-order valence-electron chi connectivity index (χ4n) is 7.07. The first kappa shape index (κ1) is 55.1. The number of carbonyl (C=O) groups excluding carboxylic acids is 3. The van der Waals surface area contributed by atoms with Gasteiger partial charge >= 0.3 is 12.1 Å². The first-order valence-corrected chi connectivity index (χ1v) is 24.3. The summed E-state index contributed by atoms with van der Waals surface area (Å²) in [5, 5.41) is 9.51. The van der Waals surface area contributed by atoms with Crippen molar-refractivity contribution >= 4 is 18.0 Å². The fraction of sp³-hybridized carbons (Fsp3) is 0.938. The second-order valence-electron chi connectivity index (χ2n) is 17.6. The second kappa shape index (κ2) is 40.9. The van der Waals surface area contributed by atoms with Crippen molar-refractivity contribution in [1.82, 2.24) is 16.0 Å². The van der Waals surface area contributed by atoms with Gasteiger partial charge in [0.2, 0.25) is 5.91 Å². The third-order valence-electron chi connectivity index (χ3n) is 10.6. The van der Waals surface area contributed by atoms with Gasteiger partial charge in [-0.05, 0) is 72.4 Å². The van der Waals surface area contributed by atoms with Gasteiger partial charge in [0.05, 0.1) is 19.3 Å². The average molecular weight is 810 g/mol. The minimum absolute atomic E-state index is 0.0728. The Hall–Kier alpha value is -1.87. The number of hydrogen-bond acceptors (Lipinski definition) is 7. The van der Waals surface area contributed by atoms with Gasteiger partial charge in [0.25, 0.3) is 0 Å². The maximum absolute atomic E-state index is 13.0. The molecule has 9 heteroatoms. The van der Waals surface area contributed by atoms with Gasteiger partial charge < -0.3 is 30.2 Å². The van der Waals surface area contributed by atoms with Gasteiger partial charge in [-0.1, -0.05) is 162 Å². The summed E-state index contributed by atoms with van der Waals surface area (Å²) in [4.78, 5) is 37.8. The molecule has 2 unspecified atom stereocenters. The molecule has 0 aliphatic carbocycles. The summed E-state index contributed by atoms with van der Waals surface area (Å²) in [5.41, 5.74) is -0.511. The Balaban J connectivity index is 4.80. The fourth-order valence-corrected chi connectivity index (χ4v) is 7.07. The molecule has 0 aliphatic heterocycles. The predicted octanol–water partition coefficient (Wildman–Crippen LogP) is 12.7. The van der Waals surface area contributed by atoms with Gasteiger partial charge in [0.15, 0.2) is 0 Å². The van der Waals surface area contributed by atoms with E-state index in [2.05, 4.69) is 36.7 Å². The van der Waals surface area contributed by atoms with Gasteiger partial charge in [-0.3, -0.25) is 9.59 Å². The number of hydrogen-bond donors (Lipinski definition) is 3. The standard InChI is InChI=1S/C48H95N3O6/c1-7-10-13-16-18-20-21-23-24-27-30-34-45(52)51-43(36-40-49-38-32-39-50-47(54)57-48(4,5)6)42-55-41-37-44(33-29-26-15-12-9-3)56-46(53)35-31-28-25-22-19-17-14-11-8-2/h43-44,49H,7-42H2,1-6H3,(H,50,54)(H,51,52). The Morgan fingerprint density at radius 1 is 0.526 bits per heavy atom. The summed E-state index contributed by atoms with van der Waals surface area (Å²) in [6.07, 6.45) is 34.5. The van der Waals surface area contributed by atoms with Crippen LogP contribution in [0.4, 0.5) is 4.79 Å². The number of carbonyl (C=O) groups is 3. The summed E-state index contributed by atoms with van der Waals surface area (Å²) in [6.45, 7) is 15.3. The summed E-state index contributed by atoms with van der Waals surface area (Å²) < 4.78 is 17.5. The molecule has 0 fully saturated rings. The van der Waals surface area contributed by atoms with Gasteiger partial charge in [-0.2, -0.15) is 0 Å². The molecule has 0 spiro atoms. The molecule has 57 heavy (non-hydrogen) atoms. The molecular weight excluding hydrogens is 715 g/mol. The van der Waals surface area contributed by atoms with Crippen LogP contribution in [0.5, 0.6) is 0 Å². The van der Waals surface area contributed by atoms with Crippen LogP contribution in [0.1, 0.15) is 241 Å². The maximum Gasteiger partial charge on any atom is 0.407 e. The molecule has 0 aromatic rings. The lowest BCUT2D eigenvalue weighted by molar-refractivity contribution is -0.150. The molecule has 338 valence electrons. The van der Waals surface area contributed by atoms with E-state index in [9.17, 15) is 14.4 Å². The Labute approximate surface area is 352 Å². The number of amides is 2. The third-order valence-corrected chi connectivity index (χ3v) is 10.6. The lowest BCUT2D eigenvalue weighted by Gasteiger charge is -2.21. The highest BCUT2D eigenvalue weighted by molar-refractivity contribution is 5.76. The normalized spacial score (nSPS) is 12.7. The zero-order chi connectivity index (χ0) is 42.1. The number of unbranched alkanes of at least 4 members (excludes halogenated alkanes) is 22. The highest BCUT2D eigenvalue weighted by Gasteiger charge is 2.18. The topological polar surface area (TPSA) is 115 Å². The highest BCUT2D eigenvalue weighted by Crippen LogP contribution is 2.16. The van der Waals surface area contributed by atoms with Gasteiger partial charge in [0.1, 0.15) is 11.7 Å². The zero-order valence-electron chi connectivity index (χ0n) is 38.6. The van der Waals surface area contributed by atoms with Crippen LogP contribution in [0, 0.1) is 0 Å². The first-order chi connectivity index (χ1) is 27.6. The molecule has 2 atom stereocenters. The minimum atomic E-state index is -0.511. The molecule has 0 aromatic heterocycles. The van der Waals surface area contributed by atoms with Crippen LogP contribution in [0.2, 0.25) is 0 Å². The van der Waals surface area contributed by atoms with E-state index in [4.69, 9.17) is 14.2 Å². The van der Waals surface area contributed by atoms with E-state index in [0.717, 1.165) is 70.9 Å². The summed E-state index contributed by atoms with van der Waals surface area (Å²) >= 11 is 0. The smallest absolute Gasteiger partial charge is 0.407 e. The molecule has 9 nitrogen and oxygen atoms in total. The average Bonchev–Trinajstić information content (AvgIpc) is 3.16. The monoisotopic (exact) mass is 810 g/mol. The first-order valence-electron chi connectivity index (χ1n) is 24.3. The Bertz CT molecular complexity index is 911. The van der Waals surface area contributed by atoms with E-state index in [1.165, 1.54) is 122 Å². The van der Waals surface area contributed by atoms with Crippen LogP contribution in [0.25, 0.3) is 0 Å². The summed E-state index contributed by atoms with van der Waals surface area (Å²) in [5.74, 6) is 0.0212. The number of nitrogens with one attached hydrogen (secondary N) is 3. The van der Waals surface area contributed by atoms with Crippen molar-refractivity contribution in [2.24, 2.45) is 0 Å². The van der Waals surface area contributed by atoms with Crippen LogP contribution in [-0.2, 0) is 23.8 Å². The Morgan fingerprint density at radius 2 is 1.02 bits per heavy atom. The lowest BCUT2D eigenvalue weighted by Crippen LogP contribution is -2.40. The van der Waals surface area contributed by atoms with Crippen molar-refractivity contribution in [3.05, 3.63) is 0 Å². The molecule has 0 aromatic carbocycles. The number of rotatable bonds is 42. The van der Waals surface area contributed by atoms with Crippen LogP contribution in [0.15, 0.2) is 0 Å². The van der Waals surface area contributed by atoms with Crippen LogP contribution in [-0.4, -0.2) is 68.6 Å². The molecule has 0 aliphatic rings. The molecular formula is C48H95N3O6. The Morgan fingerprint density at radius 3 is 1.54 bits per heavy atom. The molecule has 0 bridgehead atoms. The molecule has 0 rings (SSSR count). The summed E-state index contributed by atoms with van der Waals surface area (Å²) in [7, 11) is 0. The maximum atomic E-state index is 13.0. The van der Waals surface area contributed by atoms with Crippen LogP contribution < -0.4 is 16.0 Å². The van der Waals surface area contributed by atoms with Gasteiger partial charge in [-0.15, -0.1) is 0 Å². The molecule has 0 heterocycles. The van der Waals surface area contributed by atoms with Gasteiger partial charge in [0, 0.05) is 25.8 Å². The number of esters is 1. The van der Waals surface area contributed by atoms with Crippen molar-refractivity contribution in [2.75, 3.05) is 32.8 Å². The zero-order valence-corrected chi connectivity index (χ0v) is 38.6. The van der Waals surface area contributed by atoms with Crippen molar-refractivity contribution < 1.29 is 28.6 Å². The lowest BCUT2D eigenvalue weighted by atomic mass is 10.1. The van der Waals surface area contributed by atoms with Gasteiger partial charge in [-0.25, -0.2) is 4.79 Å². The van der Waals surface area contributed by atoms with E-state index in [1.54, 1.807) is 0 Å². The molecule has 2 amide bonds. The SMILES string of the molecule is CCCCCCCCCCCCCC(=O)NC(CCNCCCNC(=O)OC(C)(C)C)COCCC(CCCCCCC)OC(=O)CCCCCCCCCCC. The quantitative estimate of drug-likeness (QED) is 0.0415. The van der Waals surface area contributed by atoms with Crippen molar-refractivity contribution in [1.29, 1.82) is 0 Å².